The quantitative estimate of drug-likeness (QED) is 0.813. The fourth-order valence-electron chi connectivity index (χ4n) is 3.03. The van der Waals surface area contributed by atoms with E-state index in [2.05, 4.69) is 6.92 Å². The van der Waals surface area contributed by atoms with Gasteiger partial charge < -0.3 is 10.6 Å². The molecule has 0 unspecified atom stereocenters. The molecule has 2 amide bonds. The number of rotatable bonds is 3. The third kappa shape index (κ3) is 3.69. The van der Waals surface area contributed by atoms with Gasteiger partial charge in [-0.1, -0.05) is 13.3 Å². The van der Waals surface area contributed by atoms with E-state index < -0.39 is 0 Å². The van der Waals surface area contributed by atoms with Crippen LogP contribution in [0.5, 0.6) is 0 Å². The summed E-state index contributed by atoms with van der Waals surface area (Å²) in [6, 6.07) is -0.249. The molecule has 0 aromatic carbocycles. The normalized spacial score (nSPS) is 26.4. The number of hydrogen-bond donors (Lipinski definition) is 1. The molecule has 2 heterocycles. The molecule has 2 N–H and O–H groups in total. The zero-order valence-corrected chi connectivity index (χ0v) is 11.8. The minimum absolute atomic E-state index is 0.153. The van der Waals surface area contributed by atoms with Gasteiger partial charge in [-0.25, -0.2) is 0 Å². The van der Waals surface area contributed by atoms with Crippen LogP contribution in [0.15, 0.2) is 0 Å². The van der Waals surface area contributed by atoms with Gasteiger partial charge in [-0.05, 0) is 38.1 Å². The summed E-state index contributed by atoms with van der Waals surface area (Å²) < 4.78 is 0. The summed E-state index contributed by atoms with van der Waals surface area (Å²) in [5, 5.41) is 0. The lowest BCUT2D eigenvalue weighted by atomic mass is 9.99. The molecule has 2 rings (SSSR count). The average Bonchev–Trinajstić information content (AvgIpc) is 2.39. The zero-order valence-electron chi connectivity index (χ0n) is 11.8. The van der Waals surface area contributed by atoms with E-state index in [0.717, 1.165) is 57.7 Å². The maximum Gasteiger partial charge on any atom is 0.236 e. The van der Waals surface area contributed by atoms with Crippen molar-refractivity contribution in [1.82, 2.24) is 9.80 Å². The van der Waals surface area contributed by atoms with E-state index in [0.29, 0.717) is 6.54 Å². The van der Waals surface area contributed by atoms with Crippen LogP contribution in [-0.4, -0.2) is 53.8 Å². The maximum absolute atomic E-state index is 12.3. The van der Waals surface area contributed by atoms with Crippen molar-refractivity contribution in [2.75, 3.05) is 26.2 Å². The van der Waals surface area contributed by atoms with Crippen molar-refractivity contribution in [3.8, 4) is 0 Å². The third-order valence-electron chi connectivity index (χ3n) is 4.42. The van der Waals surface area contributed by atoms with Crippen LogP contribution in [0.1, 0.15) is 39.0 Å². The molecule has 2 aliphatic rings. The predicted octanol–water partition coefficient (Wildman–Crippen LogP) is 0.585. The largest absolute Gasteiger partial charge is 0.368 e. The van der Waals surface area contributed by atoms with Gasteiger partial charge >= 0.3 is 0 Å². The van der Waals surface area contributed by atoms with Gasteiger partial charge in [-0.15, -0.1) is 0 Å². The number of likely N-dealkylation sites (tertiary alicyclic amines) is 2. The molecule has 0 aliphatic carbocycles. The van der Waals surface area contributed by atoms with Gasteiger partial charge in [0.05, 0.1) is 12.6 Å². The molecule has 0 saturated carbocycles. The molecule has 5 nitrogen and oxygen atoms in total. The van der Waals surface area contributed by atoms with Crippen LogP contribution in [0.4, 0.5) is 0 Å². The van der Waals surface area contributed by atoms with E-state index in [1.807, 2.05) is 9.80 Å². The minimum atomic E-state index is -0.292. The Labute approximate surface area is 115 Å². The van der Waals surface area contributed by atoms with Crippen LogP contribution in [0.2, 0.25) is 0 Å². The Hall–Kier alpha value is -1.10. The number of carbonyl (C=O) groups excluding carboxylic acids is 2. The number of amides is 2. The van der Waals surface area contributed by atoms with Crippen molar-refractivity contribution in [1.29, 1.82) is 0 Å². The molecule has 0 spiro atoms. The second-order valence-corrected chi connectivity index (χ2v) is 5.95. The van der Waals surface area contributed by atoms with Gasteiger partial charge in [-0.2, -0.15) is 0 Å². The van der Waals surface area contributed by atoms with Gasteiger partial charge in [0.25, 0.3) is 0 Å². The highest BCUT2D eigenvalue weighted by atomic mass is 16.2. The molecular formula is C14H25N3O2. The molecule has 19 heavy (non-hydrogen) atoms. The summed E-state index contributed by atoms with van der Waals surface area (Å²) in [6.45, 7) is 5.10. The molecule has 0 bridgehead atoms. The highest BCUT2D eigenvalue weighted by molar-refractivity contribution is 5.82. The Kier molecular flexibility index (Phi) is 4.80. The summed E-state index contributed by atoms with van der Waals surface area (Å²) >= 11 is 0. The molecule has 2 fully saturated rings. The molecule has 2 saturated heterocycles. The monoisotopic (exact) mass is 267 g/mol. The number of nitrogens with two attached hydrogens (primary N) is 1. The zero-order chi connectivity index (χ0) is 13.8. The Balaban J connectivity index is 1.88. The van der Waals surface area contributed by atoms with Gasteiger partial charge in [0.15, 0.2) is 0 Å². The van der Waals surface area contributed by atoms with Crippen LogP contribution < -0.4 is 5.73 Å². The standard InChI is InChI=1S/C14H25N3O2/c1-11-5-8-16(9-6-11)13(18)10-17-7-3-2-4-12(17)14(15)19/h11-12H,2-10H2,1H3,(H2,15,19)/t12-/m0/s1. The first kappa shape index (κ1) is 14.3. The lowest BCUT2D eigenvalue weighted by Gasteiger charge is -2.36. The van der Waals surface area contributed by atoms with Crippen LogP contribution in [0, 0.1) is 5.92 Å². The summed E-state index contributed by atoms with van der Waals surface area (Å²) in [5.74, 6) is 0.581. The molecule has 0 radical (unpaired) electrons. The van der Waals surface area contributed by atoms with Crippen molar-refractivity contribution in [3.63, 3.8) is 0 Å². The fourth-order valence-corrected chi connectivity index (χ4v) is 3.03. The van der Waals surface area contributed by atoms with Crippen LogP contribution in [0.25, 0.3) is 0 Å². The van der Waals surface area contributed by atoms with Gasteiger partial charge in [0, 0.05) is 13.1 Å². The summed E-state index contributed by atoms with van der Waals surface area (Å²) in [6.07, 6.45) is 5.04. The van der Waals surface area contributed by atoms with Gasteiger partial charge in [0.1, 0.15) is 0 Å². The number of primary amides is 1. The summed E-state index contributed by atoms with van der Waals surface area (Å²) in [4.78, 5) is 27.6. The lowest BCUT2D eigenvalue weighted by molar-refractivity contribution is -0.136. The second kappa shape index (κ2) is 6.37. The van der Waals surface area contributed by atoms with E-state index in [4.69, 9.17) is 5.73 Å². The van der Waals surface area contributed by atoms with Crippen molar-refractivity contribution in [2.45, 2.75) is 45.1 Å². The highest BCUT2D eigenvalue weighted by Crippen LogP contribution is 2.19. The Morgan fingerprint density at radius 1 is 1.11 bits per heavy atom. The SMILES string of the molecule is CC1CCN(C(=O)CN2CCCC[C@H]2C(N)=O)CC1. The lowest BCUT2D eigenvalue weighted by Crippen LogP contribution is -2.52. The third-order valence-corrected chi connectivity index (χ3v) is 4.42. The van der Waals surface area contributed by atoms with Crippen molar-refractivity contribution in [2.24, 2.45) is 11.7 Å². The van der Waals surface area contributed by atoms with Crippen LogP contribution in [-0.2, 0) is 9.59 Å². The van der Waals surface area contributed by atoms with E-state index in [1.54, 1.807) is 0 Å². The average molecular weight is 267 g/mol. The van der Waals surface area contributed by atoms with Crippen molar-refractivity contribution in [3.05, 3.63) is 0 Å². The Bertz CT molecular complexity index is 338. The molecular weight excluding hydrogens is 242 g/mol. The number of piperidine rings is 2. The fraction of sp³-hybridized carbons (Fsp3) is 0.857. The Morgan fingerprint density at radius 2 is 1.79 bits per heavy atom. The number of hydrogen-bond acceptors (Lipinski definition) is 3. The molecule has 108 valence electrons. The molecule has 0 aromatic rings. The number of carbonyl (C=O) groups is 2. The van der Waals surface area contributed by atoms with Gasteiger partial charge in [0.2, 0.25) is 11.8 Å². The first-order valence-corrected chi connectivity index (χ1v) is 7.39. The van der Waals surface area contributed by atoms with E-state index in [1.165, 1.54) is 0 Å². The van der Waals surface area contributed by atoms with Crippen molar-refractivity contribution >= 4 is 11.8 Å². The minimum Gasteiger partial charge on any atom is -0.368 e. The van der Waals surface area contributed by atoms with Crippen molar-refractivity contribution < 1.29 is 9.59 Å². The maximum atomic E-state index is 12.3. The van der Waals surface area contributed by atoms with Gasteiger partial charge in [-0.3, -0.25) is 14.5 Å². The summed E-state index contributed by atoms with van der Waals surface area (Å²) in [5.41, 5.74) is 5.42. The van der Waals surface area contributed by atoms with Crippen LogP contribution in [0.3, 0.4) is 0 Å². The molecule has 2 aliphatic heterocycles. The highest BCUT2D eigenvalue weighted by Gasteiger charge is 2.30. The Morgan fingerprint density at radius 3 is 2.42 bits per heavy atom. The molecule has 0 aromatic heterocycles. The van der Waals surface area contributed by atoms with E-state index in [9.17, 15) is 9.59 Å². The number of nitrogens with zero attached hydrogens (tertiary/aromatic N) is 2. The smallest absolute Gasteiger partial charge is 0.236 e. The summed E-state index contributed by atoms with van der Waals surface area (Å²) in [7, 11) is 0. The molecule has 1 atom stereocenters. The topological polar surface area (TPSA) is 66.6 Å². The first-order chi connectivity index (χ1) is 9.08. The van der Waals surface area contributed by atoms with E-state index in [-0.39, 0.29) is 17.9 Å². The molecule has 5 heteroatoms. The predicted molar refractivity (Wildman–Crippen MR) is 73.4 cm³/mol. The second-order valence-electron chi connectivity index (χ2n) is 5.95. The first-order valence-electron chi connectivity index (χ1n) is 7.39. The van der Waals surface area contributed by atoms with Crippen LogP contribution >= 0.6 is 0 Å². The van der Waals surface area contributed by atoms with E-state index >= 15 is 0 Å².